The largest absolute Gasteiger partial charge is 0.350 e. The van der Waals surface area contributed by atoms with Crippen LogP contribution in [-0.2, 0) is 4.79 Å². The lowest BCUT2D eigenvalue weighted by atomic mass is 9.97. The van der Waals surface area contributed by atoms with Gasteiger partial charge in [-0.3, -0.25) is 9.69 Å². The monoisotopic (exact) mass is 283 g/mol. The molecule has 1 rings (SSSR count). The van der Waals surface area contributed by atoms with Gasteiger partial charge < -0.3 is 10.6 Å². The maximum absolute atomic E-state index is 12.1. The van der Waals surface area contributed by atoms with Crippen LogP contribution in [0.15, 0.2) is 0 Å². The number of piperidine rings is 1. The van der Waals surface area contributed by atoms with E-state index in [0.29, 0.717) is 12.5 Å². The maximum atomic E-state index is 12.1. The predicted octanol–water partition coefficient (Wildman–Crippen LogP) is 2.00. The number of nitrogens with zero attached hydrogens (tertiary/aromatic N) is 1. The van der Waals surface area contributed by atoms with Crippen molar-refractivity contribution < 1.29 is 4.79 Å². The van der Waals surface area contributed by atoms with E-state index in [4.69, 9.17) is 0 Å². The summed E-state index contributed by atoms with van der Waals surface area (Å²) in [5.74, 6) is 0.862. The fourth-order valence-corrected chi connectivity index (χ4v) is 2.65. The van der Waals surface area contributed by atoms with E-state index in [1.807, 2.05) is 0 Å². The zero-order chi connectivity index (χ0) is 15.0. The molecule has 4 heteroatoms. The fraction of sp³-hybridized carbons (Fsp3) is 0.938. The van der Waals surface area contributed by atoms with Gasteiger partial charge in [0.05, 0.1) is 6.54 Å². The van der Waals surface area contributed by atoms with Gasteiger partial charge in [0.1, 0.15) is 0 Å². The summed E-state index contributed by atoms with van der Waals surface area (Å²) in [6.45, 7) is 13.3. The second-order valence-corrected chi connectivity index (χ2v) is 6.73. The van der Waals surface area contributed by atoms with E-state index < -0.39 is 0 Å². The van der Waals surface area contributed by atoms with Crippen LogP contribution >= 0.6 is 0 Å². The maximum Gasteiger partial charge on any atom is 0.234 e. The van der Waals surface area contributed by atoms with Crippen LogP contribution in [0.25, 0.3) is 0 Å². The van der Waals surface area contributed by atoms with Crippen LogP contribution in [0.4, 0.5) is 0 Å². The average molecular weight is 283 g/mol. The molecule has 4 nitrogen and oxygen atoms in total. The van der Waals surface area contributed by atoms with E-state index in [9.17, 15) is 4.79 Å². The molecule has 1 unspecified atom stereocenters. The highest BCUT2D eigenvalue weighted by Gasteiger charge is 2.23. The lowest BCUT2D eigenvalue weighted by Gasteiger charge is -2.33. The lowest BCUT2D eigenvalue weighted by molar-refractivity contribution is -0.124. The van der Waals surface area contributed by atoms with E-state index in [-0.39, 0.29) is 11.4 Å². The highest BCUT2D eigenvalue weighted by molar-refractivity contribution is 5.78. The van der Waals surface area contributed by atoms with Crippen molar-refractivity contribution in [2.24, 2.45) is 5.92 Å². The van der Waals surface area contributed by atoms with Crippen LogP contribution in [0, 0.1) is 5.92 Å². The Morgan fingerprint density at radius 2 is 2.10 bits per heavy atom. The molecule has 0 aromatic rings. The van der Waals surface area contributed by atoms with Crippen LogP contribution in [0.1, 0.15) is 53.4 Å². The number of amides is 1. The smallest absolute Gasteiger partial charge is 0.234 e. The summed E-state index contributed by atoms with van der Waals surface area (Å²) in [5, 5.41) is 6.62. The molecular formula is C16H33N3O. The van der Waals surface area contributed by atoms with Crippen LogP contribution in [0.2, 0.25) is 0 Å². The molecule has 1 aliphatic rings. The molecule has 1 amide bonds. The average Bonchev–Trinajstić information content (AvgIpc) is 2.39. The molecule has 1 saturated heterocycles. The first kappa shape index (κ1) is 17.4. The minimum absolute atomic E-state index is 0.0883. The summed E-state index contributed by atoms with van der Waals surface area (Å²) in [6.07, 6.45) is 4.64. The number of carbonyl (C=O) groups excluding carboxylic acids is 1. The van der Waals surface area contributed by atoms with Gasteiger partial charge in [-0.1, -0.05) is 13.8 Å². The summed E-state index contributed by atoms with van der Waals surface area (Å²) in [5.41, 5.74) is -0.0883. The Kier molecular flexibility index (Phi) is 7.52. The summed E-state index contributed by atoms with van der Waals surface area (Å²) in [6, 6.07) is 0. The van der Waals surface area contributed by atoms with Crippen molar-refractivity contribution in [1.82, 2.24) is 15.5 Å². The molecule has 1 aliphatic heterocycles. The number of nitrogens with one attached hydrogen (secondary N) is 2. The summed E-state index contributed by atoms with van der Waals surface area (Å²) in [4.78, 5) is 14.4. The molecule has 0 spiro atoms. The zero-order valence-corrected chi connectivity index (χ0v) is 13.8. The normalized spacial score (nSPS) is 20.9. The Hall–Kier alpha value is -0.610. The van der Waals surface area contributed by atoms with Crippen molar-refractivity contribution in [3.8, 4) is 0 Å². The topological polar surface area (TPSA) is 44.4 Å². The number of hydrogen-bond donors (Lipinski definition) is 2. The van der Waals surface area contributed by atoms with Gasteiger partial charge >= 0.3 is 0 Å². The molecule has 2 N–H and O–H groups in total. The molecule has 0 bridgehead atoms. The van der Waals surface area contributed by atoms with Crippen LogP contribution in [0.3, 0.4) is 0 Å². The highest BCUT2D eigenvalue weighted by atomic mass is 16.2. The molecular weight excluding hydrogens is 250 g/mol. The van der Waals surface area contributed by atoms with Crippen molar-refractivity contribution >= 4 is 5.91 Å². The first-order valence-electron chi connectivity index (χ1n) is 8.21. The minimum atomic E-state index is -0.0883. The van der Waals surface area contributed by atoms with E-state index in [1.54, 1.807) is 0 Å². The highest BCUT2D eigenvalue weighted by Crippen LogP contribution is 2.15. The minimum Gasteiger partial charge on any atom is -0.350 e. The van der Waals surface area contributed by atoms with Gasteiger partial charge in [-0.05, 0) is 65.1 Å². The Morgan fingerprint density at radius 1 is 1.35 bits per heavy atom. The van der Waals surface area contributed by atoms with Gasteiger partial charge in [0.25, 0.3) is 0 Å². The third-order valence-electron chi connectivity index (χ3n) is 4.19. The first-order chi connectivity index (χ1) is 9.46. The molecule has 0 saturated carbocycles. The molecule has 0 aliphatic carbocycles. The second-order valence-electron chi connectivity index (χ2n) is 6.73. The van der Waals surface area contributed by atoms with E-state index in [1.165, 1.54) is 19.3 Å². The molecule has 1 atom stereocenters. The molecule has 20 heavy (non-hydrogen) atoms. The first-order valence-corrected chi connectivity index (χ1v) is 8.21. The van der Waals surface area contributed by atoms with Crippen LogP contribution in [-0.4, -0.2) is 49.1 Å². The molecule has 118 valence electrons. The van der Waals surface area contributed by atoms with Crippen molar-refractivity contribution in [2.75, 3.05) is 32.7 Å². The zero-order valence-electron chi connectivity index (χ0n) is 13.8. The molecule has 1 fully saturated rings. The second kappa shape index (κ2) is 8.63. The summed E-state index contributed by atoms with van der Waals surface area (Å²) in [7, 11) is 0. The Morgan fingerprint density at radius 3 is 2.75 bits per heavy atom. The van der Waals surface area contributed by atoms with Crippen molar-refractivity contribution in [1.29, 1.82) is 0 Å². The fourth-order valence-electron chi connectivity index (χ4n) is 2.65. The van der Waals surface area contributed by atoms with Crippen molar-refractivity contribution in [3.63, 3.8) is 0 Å². The third-order valence-corrected chi connectivity index (χ3v) is 4.19. The molecule has 1 heterocycles. The molecule has 0 aromatic carbocycles. The van der Waals surface area contributed by atoms with Gasteiger partial charge in [-0.25, -0.2) is 0 Å². The van der Waals surface area contributed by atoms with E-state index >= 15 is 0 Å². The standard InChI is InChI=1S/C16H33N3O/c1-5-9-17-11-14-8-7-10-19(12-14)13-15(20)18-16(3,4)6-2/h14,17H,5-13H2,1-4H3,(H,18,20). The Labute approximate surface area is 124 Å². The number of carbonyl (C=O) groups is 1. The predicted molar refractivity (Wildman–Crippen MR) is 84.8 cm³/mol. The Balaban J connectivity index is 2.30. The quantitative estimate of drug-likeness (QED) is 0.670. The molecule has 0 radical (unpaired) electrons. The van der Waals surface area contributed by atoms with Crippen molar-refractivity contribution in [2.45, 2.75) is 58.9 Å². The van der Waals surface area contributed by atoms with Crippen LogP contribution in [0.5, 0.6) is 0 Å². The summed E-state index contributed by atoms with van der Waals surface area (Å²) >= 11 is 0. The SMILES string of the molecule is CCCNCC1CCCN(CC(=O)NC(C)(C)CC)C1. The number of rotatable bonds is 8. The van der Waals surface area contributed by atoms with Crippen molar-refractivity contribution in [3.05, 3.63) is 0 Å². The van der Waals surface area contributed by atoms with Gasteiger partial charge in [0.15, 0.2) is 0 Å². The number of hydrogen-bond acceptors (Lipinski definition) is 3. The third kappa shape index (κ3) is 6.71. The van der Waals surface area contributed by atoms with Gasteiger partial charge in [0, 0.05) is 12.1 Å². The van der Waals surface area contributed by atoms with E-state index in [0.717, 1.165) is 32.6 Å². The van der Waals surface area contributed by atoms with E-state index in [2.05, 4.69) is 43.2 Å². The van der Waals surface area contributed by atoms with Gasteiger partial charge in [0.2, 0.25) is 5.91 Å². The van der Waals surface area contributed by atoms with Gasteiger partial charge in [-0.2, -0.15) is 0 Å². The Bertz CT molecular complexity index is 291. The summed E-state index contributed by atoms with van der Waals surface area (Å²) < 4.78 is 0. The lowest BCUT2D eigenvalue weighted by Crippen LogP contribution is -2.49. The number of likely N-dealkylation sites (tertiary alicyclic amines) is 1. The van der Waals surface area contributed by atoms with Gasteiger partial charge in [-0.15, -0.1) is 0 Å². The van der Waals surface area contributed by atoms with Crippen LogP contribution < -0.4 is 10.6 Å². The molecule has 0 aromatic heterocycles.